The first-order valence-electron chi connectivity index (χ1n) is 12.3. The average molecular weight is 577 g/mol. The van der Waals surface area contributed by atoms with E-state index < -0.39 is 27.7 Å². The molecule has 3 atom stereocenters. The molecule has 4 rings (SSSR count). The van der Waals surface area contributed by atoms with Crippen LogP contribution in [0.15, 0.2) is 23.2 Å². The van der Waals surface area contributed by atoms with Crippen LogP contribution in [0.2, 0.25) is 0 Å². The van der Waals surface area contributed by atoms with Gasteiger partial charge < -0.3 is 15.2 Å². The van der Waals surface area contributed by atoms with Crippen molar-refractivity contribution in [3.05, 3.63) is 34.6 Å². The fraction of sp³-hybridized carbons (Fsp3) is 0.625. The van der Waals surface area contributed by atoms with Crippen LogP contribution in [0.3, 0.4) is 0 Å². The van der Waals surface area contributed by atoms with E-state index in [4.69, 9.17) is 4.74 Å². The third-order valence-electron chi connectivity index (χ3n) is 6.79. The van der Waals surface area contributed by atoms with Crippen molar-refractivity contribution < 1.29 is 36.2 Å². The maximum atomic E-state index is 12.9. The van der Waals surface area contributed by atoms with Crippen molar-refractivity contribution in [2.75, 3.05) is 24.2 Å². The first-order chi connectivity index (χ1) is 17.7. The van der Waals surface area contributed by atoms with Crippen molar-refractivity contribution in [2.24, 2.45) is 5.92 Å². The highest BCUT2D eigenvalue weighted by molar-refractivity contribution is 7.91. The molecule has 2 aliphatic heterocycles. The minimum Gasteiger partial charge on any atom is -0.386 e. The summed E-state index contributed by atoms with van der Waals surface area (Å²) in [6.07, 6.45) is -5.41. The van der Waals surface area contributed by atoms with Crippen LogP contribution in [0.4, 0.5) is 18.3 Å². The van der Waals surface area contributed by atoms with Gasteiger partial charge in [0, 0.05) is 29.9 Å². The van der Waals surface area contributed by atoms with Crippen molar-refractivity contribution in [2.45, 2.75) is 75.4 Å². The number of fused-ring (bicyclic) bond motifs is 1. The molecule has 0 unspecified atom stereocenters. The van der Waals surface area contributed by atoms with Crippen LogP contribution in [-0.4, -0.2) is 71.1 Å². The van der Waals surface area contributed by atoms with Crippen LogP contribution in [0.5, 0.6) is 0 Å². The predicted octanol–water partition coefficient (Wildman–Crippen LogP) is 3.50. The van der Waals surface area contributed by atoms with Gasteiger partial charge in [-0.05, 0) is 30.9 Å². The van der Waals surface area contributed by atoms with E-state index in [2.05, 4.69) is 15.3 Å². The topological polar surface area (TPSA) is 122 Å². The second-order valence-corrected chi connectivity index (χ2v) is 13.5. The van der Waals surface area contributed by atoms with E-state index in [0.717, 1.165) is 10.6 Å². The molecule has 9 nitrogen and oxygen atoms in total. The van der Waals surface area contributed by atoms with Crippen molar-refractivity contribution in [3.8, 4) is 0 Å². The molecule has 4 heterocycles. The molecule has 1 amide bonds. The largest absolute Gasteiger partial charge is 0.414 e. The van der Waals surface area contributed by atoms with Gasteiger partial charge in [-0.3, -0.25) is 14.7 Å². The molecule has 2 aromatic heterocycles. The van der Waals surface area contributed by atoms with Crippen LogP contribution in [0.1, 0.15) is 55.9 Å². The van der Waals surface area contributed by atoms with E-state index in [1.807, 2.05) is 18.7 Å². The van der Waals surface area contributed by atoms with E-state index in [1.54, 1.807) is 6.92 Å². The Hall–Kier alpha value is -2.13. The maximum absolute atomic E-state index is 12.9. The molecule has 14 heteroatoms. The number of thiazole rings is 1. The summed E-state index contributed by atoms with van der Waals surface area (Å²) in [5, 5.41) is 14.2. The van der Waals surface area contributed by atoms with Crippen LogP contribution < -0.4 is 5.32 Å². The zero-order valence-electron chi connectivity index (χ0n) is 21.3. The van der Waals surface area contributed by atoms with Crippen LogP contribution >= 0.6 is 11.3 Å². The number of halogens is 3. The number of carbonyl (C=O) groups is 1. The van der Waals surface area contributed by atoms with Gasteiger partial charge in [0.15, 0.2) is 21.1 Å². The fourth-order valence-electron chi connectivity index (χ4n) is 4.87. The number of hydrogen-bond donors (Lipinski definition) is 2. The number of anilines is 1. The number of alkyl halides is 3. The normalized spacial score (nSPS) is 24.5. The summed E-state index contributed by atoms with van der Waals surface area (Å²) in [6.45, 7) is 5.76. The van der Waals surface area contributed by atoms with Crippen molar-refractivity contribution in [1.82, 2.24) is 14.9 Å². The van der Waals surface area contributed by atoms with Gasteiger partial charge in [0.2, 0.25) is 5.91 Å². The lowest BCUT2D eigenvalue weighted by Gasteiger charge is -2.40. The van der Waals surface area contributed by atoms with Gasteiger partial charge in [-0.15, -0.1) is 11.3 Å². The SMILES string of the molecule is CCS(=O)(=O)c1ccc(CC(=O)Nc2nc3c(s2)CN(C[C@@]2(O)CC[C@H](C(F)(F)F)OC2)[C@H]3C(C)C)nc1. The van der Waals surface area contributed by atoms with Gasteiger partial charge in [0.05, 0.1) is 35.4 Å². The van der Waals surface area contributed by atoms with Gasteiger partial charge in [0.25, 0.3) is 0 Å². The van der Waals surface area contributed by atoms with Crippen molar-refractivity contribution in [3.63, 3.8) is 0 Å². The second-order valence-electron chi connectivity index (χ2n) is 10.1. The lowest BCUT2D eigenvalue weighted by molar-refractivity contribution is -0.255. The van der Waals surface area contributed by atoms with Crippen molar-refractivity contribution >= 4 is 32.2 Å². The minimum absolute atomic E-state index is 0.0136. The monoisotopic (exact) mass is 576 g/mol. The zero-order valence-corrected chi connectivity index (χ0v) is 22.9. The standard InChI is InChI=1S/C24H31F3N4O5S2/c1-4-38(34,35)16-6-5-15(28-10-16)9-19(32)29-22-30-20-17(37-22)11-31(21(20)14(2)3)12-23(33)8-7-18(36-13-23)24(25,26)27/h5-6,10,14,18,21,33H,4,7-9,11-13H2,1-3H3,(H,29,30,32)/t18-,21+,23+/m1/s1. The summed E-state index contributed by atoms with van der Waals surface area (Å²) >= 11 is 1.31. The predicted molar refractivity (Wildman–Crippen MR) is 134 cm³/mol. The Morgan fingerprint density at radius 1 is 1.37 bits per heavy atom. The van der Waals surface area contributed by atoms with Crippen LogP contribution in [0.25, 0.3) is 0 Å². The zero-order chi connectivity index (χ0) is 27.9. The fourth-order valence-corrected chi connectivity index (χ4v) is 6.74. The van der Waals surface area contributed by atoms with E-state index in [-0.39, 0.29) is 60.9 Å². The molecule has 0 bridgehead atoms. The first-order valence-corrected chi connectivity index (χ1v) is 14.8. The highest BCUT2D eigenvalue weighted by Gasteiger charge is 2.48. The molecular weight excluding hydrogens is 545 g/mol. The molecule has 0 aromatic carbocycles. The average Bonchev–Trinajstić information content (AvgIpc) is 3.34. The summed E-state index contributed by atoms with van der Waals surface area (Å²) in [4.78, 5) is 24.3. The summed E-state index contributed by atoms with van der Waals surface area (Å²) in [5.41, 5.74) is -0.191. The number of rotatable bonds is 8. The van der Waals surface area contributed by atoms with Gasteiger partial charge in [0.1, 0.15) is 5.60 Å². The minimum atomic E-state index is -4.44. The number of β-amino-alcohol motifs (C(OH)–C–C–N with tert-alkyl or cyclic N) is 1. The Kier molecular flexibility index (Phi) is 8.20. The maximum Gasteiger partial charge on any atom is 0.414 e. The summed E-state index contributed by atoms with van der Waals surface area (Å²) in [7, 11) is -3.37. The lowest BCUT2D eigenvalue weighted by Crippen LogP contribution is -2.52. The molecule has 2 aliphatic rings. The second kappa shape index (κ2) is 10.8. The highest BCUT2D eigenvalue weighted by Crippen LogP contribution is 2.44. The van der Waals surface area contributed by atoms with Gasteiger partial charge >= 0.3 is 6.18 Å². The Labute approximate surface area is 223 Å². The molecule has 0 radical (unpaired) electrons. The molecule has 0 aliphatic carbocycles. The number of pyridine rings is 1. The Balaban J connectivity index is 1.38. The quantitative estimate of drug-likeness (QED) is 0.490. The molecule has 2 N–H and O–H groups in total. The number of ether oxygens (including phenoxy) is 1. The highest BCUT2D eigenvalue weighted by atomic mass is 32.2. The van der Waals surface area contributed by atoms with Gasteiger partial charge in [-0.2, -0.15) is 13.2 Å². The molecule has 1 fully saturated rings. The third kappa shape index (κ3) is 6.36. The number of sulfone groups is 1. The number of hydrogen-bond acceptors (Lipinski definition) is 9. The van der Waals surface area contributed by atoms with Crippen molar-refractivity contribution in [1.29, 1.82) is 0 Å². The van der Waals surface area contributed by atoms with E-state index in [0.29, 0.717) is 17.4 Å². The molecule has 0 spiro atoms. The summed E-state index contributed by atoms with van der Waals surface area (Å²) in [5.74, 6) is -0.286. The number of aromatic nitrogens is 2. The number of amides is 1. The molecule has 38 heavy (non-hydrogen) atoms. The van der Waals surface area contributed by atoms with E-state index in [9.17, 15) is 31.5 Å². The van der Waals surface area contributed by atoms with Gasteiger partial charge in [-0.1, -0.05) is 20.8 Å². The number of nitrogens with zero attached hydrogens (tertiary/aromatic N) is 3. The van der Waals surface area contributed by atoms with E-state index >= 15 is 0 Å². The number of nitrogens with one attached hydrogen (secondary N) is 1. The first kappa shape index (κ1) is 28.9. The van der Waals surface area contributed by atoms with Crippen LogP contribution in [-0.2, 0) is 32.3 Å². The number of carbonyl (C=O) groups excluding carboxylic acids is 1. The smallest absolute Gasteiger partial charge is 0.386 e. The molecule has 210 valence electrons. The summed E-state index contributed by atoms with van der Waals surface area (Å²) < 4.78 is 67.7. The molecule has 2 aromatic rings. The Morgan fingerprint density at radius 2 is 2.11 bits per heavy atom. The molecular formula is C24H31F3N4O5S2. The summed E-state index contributed by atoms with van der Waals surface area (Å²) in [6, 6.07) is 2.77. The lowest BCUT2D eigenvalue weighted by atomic mass is 9.91. The Morgan fingerprint density at radius 3 is 2.66 bits per heavy atom. The van der Waals surface area contributed by atoms with Crippen LogP contribution in [0, 0.1) is 5.92 Å². The number of aliphatic hydroxyl groups is 1. The van der Waals surface area contributed by atoms with E-state index in [1.165, 1.54) is 29.7 Å². The third-order valence-corrected chi connectivity index (χ3v) is 9.48. The molecule has 1 saturated heterocycles. The Bertz CT molecular complexity index is 1260. The van der Waals surface area contributed by atoms with Gasteiger partial charge in [-0.25, -0.2) is 13.4 Å². The molecule has 0 saturated carbocycles.